The predicted molar refractivity (Wildman–Crippen MR) is 30.0 cm³/mol. The quantitative estimate of drug-likeness (QED) is 0.422. The third kappa shape index (κ3) is 0.784. The zero-order valence-electron chi connectivity index (χ0n) is 4.76. The Morgan fingerprint density at radius 1 is 1.88 bits per heavy atom. The van der Waals surface area contributed by atoms with E-state index < -0.39 is 0 Å². The summed E-state index contributed by atoms with van der Waals surface area (Å²) in [7, 11) is 1.87. The molecule has 3 heteroatoms. The van der Waals surface area contributed by atoms with Crippen LogP contribution in [0.1, 0.15) is 6.42 Å². The van der Waals surface area contributed by atoms with Gasteiger partial charge in [-0.3, -0.25) is 0 Å². The zero-order valence-corrected chi connectivity index (χ0v) is 4.76. The molecule has 1 radical (unpaired) electrons. The lowest BCUT2D eigenvalue weighted by atomic mass is 10.3. The number of nitriles is 1. The summed E-state index contributed by atoms with van der Waals surface area (Å²) in [4.78, 5) is 0. The number of nitrogens with zero attached hydrogens (tertiary/aromatic N) is 3. The van der Waals surface area contributed by atoms with Crippen molar-refractivity contribution in [2.45, 2.75) is 6.42 Å². The zero-order chi connectivity index (χ0) is 5.98. The molecule has 0 N–H and O–H groups in total. The summed E-state index contributed by atoms with van der Waals surface area (Å²) in [6, 6.07) is 2.00. The standard InChI is InChI=1S/C5H7N3/c1-8-3-2-5(4-6)7-8/h2-3H2,1H3/q+1. The van der Waals surface area contributed by atoms with E-state index in [1.54, 1.807) is 5.01 Å². The lowest BCUT2D eigenvalue weighted by Gasteiger charge is -1.84. The number of rotatable bonds is 0. The van der Waals surface area contributed by atoms with E-state index in [0.29, 0.717) is 5.71 Å². The third-order valence-corrected chi connectivity index (χ3v) is 1.09. The Hall–Kier alpha value is -1.04. The molecule has 1 rings (SSSR count). The van der Waals surface area contributed by atoms with Crippen LogP contribution in [0.3, 0.4) is 0 Å². The molecule has 0 atom stereocenters. The molecule has 0 aliphatic carbocycles. The fourth-order valence-corrected chi connectivity index (χ4v) is 0.652. The molecule has 0 bridgehead atoms. The number of hydrogen-bond donors (Lipinski definition) is 0. The van der Waals surface area contributed by atoms with Gasteiger partial charge >= 0.3 is 5.71 Å². The second kappa shape index (κ2) is 1.83. The first-order valence-electron chi connectivity index (χ1n) is 2.51. The van der Waals surface area contributed by atoms with Crippen molar-refractivity contribution in [1.82, 2.24) is 10.1 Å². The second-order valence-corrected chi connectivity index (χ2v) is 1.79. The highest BCUT2D eigenvalue weighted by Gasteiger charge is 2.23. The van der Waals surface area contributed by atoms with Gasteiger partial charge in [-0.2, -0.15) is 5.26 Å². The minimum Gasteiger partial charge on any atom is -0.186 e. The Morgan fingerprint density at radius 3 is 2.88 bits per heavy atom. The number of hydrazone groups is 1. The molecule has 1 aliphatic heterocycles. The van der Waals surface area contributed by atoms with Gasteiger partial charge < -0.3 is 0 Å². The van der Waals surface area contributed by atoms with Crippen molar-refractivity contribution in [3.63, 3.8) is 0 Å². The summed E-state index contributed by atoms with van der Waals surface area (Å²) >= 11 is 0. The molecular weight excluding hydrogens is 102 g/mol. The first-order valence-corrected chi connectivity index (χ1v) is 2.51. The maximum Gasteiger partial charge on any atom is 0.364 e. The van der Waals surface area contributed by atoms with Crippen LogP contribution in [0.25, 0.3) is 0 Å². The summed E-state index contributed by atoms with van der Waals surface area (Å²) in [6.45, 7) is 0.892. The van der Waals surface area contributed by atoms with Gasteiger partial charge in [0.05, 0.1) is 20.0 Å². The van der Waals surface area contributed by atoms with Gasteiger partial charge in [-0.15, -0.1) is 5.01 Å². The van der Waals surface area contributed by atoms with Gasteiger partial charge in [-0.1, -0.05) is 0 Å². The largest absolute Gasteiger partial charge is 0.364 e. The van der Waals surface area contributed by atoms with Gasteiger partial charge in [-0.05, 0) is 0 Å². The summed E-state index contributed by atoms with van der Waals surface area (Å²) in [5.74, 6) is 0. The van der Waals surface area contributed by atoms with Crippen LogP contribution < -0.4 is 5.10 Å². The Balaban J connectivity index is 2.61. The summed E-state index contributed by atoms with van der Waals surface area (Å²) in [6.07, 6.45) is 0.812. The lowest BCUT2D eigenvalue weighted by molar-refractivity contribution is 0.345. The Morgan fingerprint density at radius 2 is 2.62 bits per heavy atom. The van der Waals surface area contributed by atoms with Crippen molar-refractivity contribution in [2.75, 3.05) is 13.6 Å². The molecular formula is C5H7N3+. The van der Waals surface area contributed by atoms with E-state index in [0.717, 1.165) is 13.0 Å². The average molecular weight is 109 g/mol. The SMILES string of the molecule is CN1CCC(C#N)=[N+]1. The Kier molecular flexibility index (Phi) is 1.17. The lowest BCUT2D eigenvalue weighted by Crippen LogP contribution is -2.14. The van der Waals surface area contributed by atoms with Gasteiger partial charge in [0.25, 0.3) is 0 Å². The molecule has 8 heavy (non-hydrogen) atoms. The highest BCUT2D eigenvalue weighted by molar-refractivity contribution is 5.98. The fourth-order valence-electron chi connectivity index (χ4n) is 0.652. The van der Waals surface area contributed by atoms with Crippen LogP contribution in [-0.4, -0.2) is 24.3 Å². The molecule has 1 aliphatic rings. The maximum atomic E-state index is 8.28. The van der Waals surface area contributed by atoms with Crippen LogP contribution in [0.4, 0.5) is 0 Å². The number of hydrogen-bond acceptors (Lipinski definition) is 3. The summed E-state index contributed by atoms with van der Waals surface area (Å²) in [5.41, 5.74) is 0.646. The molecule has 3 nitrogen and oxygen atoms in total. The molecule has 0 aromatic heterocycles. The van der Waals surface area contributed by atoms with E-state index >= 15 is 0 Å². The van der Waals surface area contributed by atoms with Crippen molar-refractivity contribution in [3.8, 4) is 6.07 Å². The first kappa shape index (κ1) is 5.10. The van der Waals surface area contributed by atoms with Crippen molar-refractivity contribution >= 4 is 5.71 Å². The van der Waals surface area contributed by atoms with Crippen LogP contribution >= 0.6 is 0 Å². The molecule has 0 unspecified atom stereocenters. The molecule has 0 aromatic carbocycles. The van der Waals surface area contributed by atoms with Crippen LogP contribution in [0.15, 0.2) is 0 Å². The normalized spacial score (nSPS) is 18.0. The van der Waals surface area contributed by atoms with E-state index in [1.165, 1.54) is 0 Å². The molecule has 0 aromatic rings. The fraction of sp³-hybridized carbons (Fsp3) is 0.600. The highest BCUT2D eigenvalue weighted by atomic mass is 15.4. The first-order chi connectivity index (χ1) is 3.83. The molecule has 1 heterocycles. The van der Waals surface area contributed by atoms with Crippen molar-refractivity contribution in [1.29, 1.82) is 5.26 Å². The molecule has 0 fully saturated rings. The van der Waals surface area contributed by atoms with Crippen LogP contribution in [0, 0.1) is 11.3 Å². The minimum atomic E-state index is 0.646. The van der Waals surface area contributed by atoms with Crippen molar-refractivity contribution < 1.29 is 0 Å². The average Bonchev–Trinajstić information content (AvgIpc) is 2.14. The summed E-state index contributed by atoms with van der Waals surface area (Å²) < 4.78 is 0. The Labute approximate surface area is 48.2 Å². The van der Waals surface area contributed by atoms with Crippen LogP contribution in [0.2, 0.25) is 0 Å². The highest BCUT2D eigenvalue weighted by Crippen LogP contribution is 1.91. The minimum absolute atomic E-state index is 0.646. The van der Waals surface area contributed by atoms with Gasteiger partial charge in [0, 0.05) is 0 Å². The molecule has 41 valence electrons. The van der Waals surface area contributed by atoms with E-state index in [9.17, 15) is 0 Å². The summed E-state index contributed by atoms with van der Waals surface area (Å²) in [5, 5.41) is 13.9. The van der Waals surface area contributed by atoms with Crippen LogP contribution in [-0.2, 0) is 0 Å². The Bertz CT molecular complexity index is 154. The van der Waals surface area contributed by atoms with Crippen LogP contribution in [0.5, 0.6) is 0 Å². The van der Waals surface area contributed by atoms with Gasteiger partial charge in [-0.25, -0.2) is 0 Å². The monoisotopic (exact) mass is 109 g/mol. The van der Waals surface area contributed by atoms with Gasteiger partial charge in [0.15, 0.2) is 11.2 Å². The third-order valence-electron chi connectivity index (χ3n) is 1.09. The molecule has 0 saturated carbocycles. The molecule has 0 spiro atoms. The maximum absolute atomic E-state index is 8.28. The smallest absolute Gasteiger partial charge is 0.186 e. The topological polar surface area (TPSA) is 41.1 Å². The van der Waals surface area contributed by atoms with Gasteiger partial charge in [0.2, 0.25) is 0 Å². The second-order valence-electron chi connectivity index (χ2n) is 1.79. The molecule has 0 saturated heterocycles. The van der Waals surface area contributed by atoms with Gasteiger partial charge in [0.1, 0.15) is 0 Å². The van der Waals surface area contributed by atoms with E-state index in [1.807, 2.05) is 13.1 Å². The van der Waals surface area contributed by atoms with E-state index in [4.69, 9.17) is 5.26 Å². The van der Waals surface area contributed by atoms with Crippen molar-refractivity contribution in [3.05, 3.63) is 0 Å². The van der Waals surface area contributed by atoms with Crippen molar-refractivity contribution in [2.24, 2.45) is 0 Å². The molecule has 0 amide bonds. The van der Waals surface area contributed by atoms with E-state index in [-0.39, 0.29) is 0 Å². The predicted octanol–water partition coefficient (Wildman–Crippen LogP) is -0.463. The van der Waals surface area contributed by atoms with E-state index in [2.05, 4.69) is 5.10 Å².